The molecule has 0 saturated heterocycles. The molecular weight excluding hydrogens is 282 g/mol. The minimum atomic E-state index is 0.0212. The van der Waals surface area contributed by atoms with E-state index >= 15 is 0 Å². The maximum atomic E-state index is 12.0. The van der Waals surface area contributed by atoms with Crippen molar-refractivity contribution < 1.29 is 4.79 Å². The fourth-order valence-corrected chi connectivity index (χ4v) is 3.04. The molecule has 1 aromatic carbocycles. The predicted octanol–water partition coefficient (Wildman–Crippen LogP) is 3.50. The summed E-state index contributed by atoms with van der Waals surface area (Å²) >= 11 is 1.66. The molecular formula is C16H21N3OS. The van der Waals surface area contributed by atoms with E-state index in [0.29, 0.717) is 11.7 Å². The highest BCUT2D eigenvalue weighted by molar-refractivity contribution is 8.00. The van der Waals surface area contributed by atoms with E-state index in [0.717, 1.165) is 22.8 Å². The number of amides is 1. The van der Waals surface area contributed by atoms with Crippen molar-refractivity contribution in [1.29, 1.82) is 0 Å². The molecule has 112 valence electrons. The van der Waals surface area contributed by atoms with Gasteiger partial charge in [-0.25, -0.2) is 0 Å². The molecule has 1 heterocycles. The minimum absolute atomic E-state index is 0.0212. The zero-order valence-corrected chi connectivity index (χ0v) is 13.5. The highest BCUT2D eigenvalue weighted by Gasteiger charge is 2.11. The van der Waals surface area contributed by atoms with Gasteiger partial charge in [-0.1, -0.05) is 37.3 Å². The van der Waals surface area contributed by atoms with Crippen molar-refractivity contribution in [3.8, 4) is 0 Å². The van der Waals surface area contributed by atoms with Crippen LogP contribution in [-0.4, -0.2) is 27.6 Å². The van der Waals surface area contributed by atoms with Gasteiger partial charge in [0.25, 0.3) is 0 Å². The topological polar surface area (TPSA) is 57.8 Å². The van der Waals surface area contributed by atoms with Crippen LogP contribution in [0.3, 0.4) is 0 Å². The molecule has 0 aliphatic carbocycles. The van der Waals surface area contributed by atoms with Gasteiger partial charge in [0.1, 0.15) is 0 Å². The number of aryl methyl sites for hydroxylation is 2. The third-order valence-corrected chi connectivity index (χ3v) is 4.56. The Kier molecular flexibility index (Phi) is 5.44. The van der Waals surface area contributed by atoms with E-state index in [4.69, 9.17) is 0 Å². The lowest BCUT2D eigenvalue weighted by atomic mass is 10.0. The number of carbonyl (C=O) groups is 1. The van der Waals surface area contributed by atoms with Crippen molar-refractivity contribution in [2.75, 3.05) is 16.8 Å². The Morgan fingerprint density at radius 1 is 1.33 bits per heavy atom. The summed E-state index contributed by atoms with van der Waals surface area (Å²) < 4.78 is 0. The number of rotatable bonds is 6. The van der Waals surface area contributed by atoms with Crippen molar-refractivity contribution in [2.24, 2.45) is 0 Å². The average molecular weight is 303 g/mol. The van der Waals surface area contributed by atoms with Gasteiger partial charge in [0, 0.05) is 5.75 Å². The number of H-pyrrole nitrogens is 1. The zero-order chi connectivity index (χ0) is 15.2. The van der Waals surface area contributed by atoms with Crippen LogP contribution in [0.4, 0.5) is 5.69 Å². The van der Waals surface area contributed by atoms with Gasteiger partial charge in [-0.05, 0) is 25.3 Å². The Balaban J connectivity index is 1.77. The SMILES string of the molecule is Cc1n[nH]c(C)c1NC(=O)CSCC(C)c1ccccc1. The third kappa shape index (κ3) is 4.36. The molecule has 1 amide bonds. The summed E-state index contributed by atoms with van der Waals surface area (Å²) in [6, 6.07) is 10.4. The Labute approximate surface area is 129 Å². The van der Waals surface area contributed by atoms with Gasteiger partial charge in [0.2, 0.25) is 5.91 Å². The molecule has 0 bridgehead atoms. The summed E-state index contributed by atoms with van der Waals surface area (Å²) in [5, 5.41) is 9.86. The largest absolute Gasteiger partial charge is 0.322 e. The second-order valence-corrected chi connectivity index (χ2v) is 6.21. The van der Waals surface area contributed by atoms with Gasteiger partial charge in [0.05, 0.1) is 22.8 Å². The van der Waals surface area contributed by atoms with Crippen molar-refractivity contribution in [1.82, 2.24) is 10.2 Å². The third-order valence-electron chi connectivity index (χ3n) is 3.36. The molecule has 2 aromatic rings. The van der Waals surface area contributed by atoms with Crippen LogP contribution < -0.4 is 5.32 Å². The zero-order valence-electron chi connectivity index (χ0n) is 12.6. The van der Waals surface area contributed by atoms with E-state index in [1.807, 2.05) is 32.0 Å². The number of nitrogens with one attached hydrogen (secondary N) is 2. The highest BCUT2D eigenvalue weighted by Crippen LogP contribution is 2.21. The summed E-state index contributed by atoms with van der Waals surface area (Å²) in [7, 11) is 0. The monoisotopic (exact) mass is 303 g/mol. The van der Waals surface area contributed by atoms with Crippen LogP contribution in [-0.2, 0) is 4.79 Å². The van der Waals surface area contributed by atoms with Crippen molar-refractivity contribution in [3.05, 3.63) is 47.3 Å². The Hall–Kier alpha value is -1.75. The summed E-state index contributed by atoms with van der Waals surface area (Å²) in [5.74, 6) is 1.86. The number of aromatic nitrogens is 2. The van der Waals surface area contributed by atoms with Crippen molar-refractivity contribution in [2.45, 2.75) is 26.7 Å². The summed E-state index contributed by atoms with van der Waals surface area (Å²) in [6.45, 7) is 5.97. The van der Waals surface area contributed by atoms with Crippen LogP contribution in [0.2, 0.25) is 0 Å². The quantitative estimate of drug-likeness (QED) is 0.858. The molecule has 1 unspecified atom stereocenters. The first-order valence-corrected chi connectivity index (χ1v) is 8.17. The van der Waals surface area contributed by atoms with Crippen LogP contribution in [0, 0.1) is 13.8 Å². The lowest BCUT2D eigenvalue weighted by Gasteiger charge is -2.11. The molecule has 4 nitrogen and oxygen atoms in total. The smallest absolute Gasteiger partial charge is 0.234 e. The molecule has 0 fully saturated rings. The number of anilines is 1. The predicted molar refractivity (Wildman–Crippen MR) is 88.9 cm³/mol. The second-order valence-electron chi connectivity index (χ2n) is 5.18. The Morgan fingerprint density at radius 3 is 2.67 bits per heavy atom. The molecule has 0 saturated carbocycles. The van der Waals surface area contributed by atoms with Crippen LogP contribution in [0.15, 0.2) is 30.3 Å². The number of benzene rings is 1. The van der Waals surface area contributed by atoms with E-state index in [-0.39, 0.29) is 5.91 Å². The van der Waals surface area contributed by atoms with Crippen molar-refractivity contribution >= 4 is 23.4 Å². The Bertz CT molecular complexity index is 575. The van der Waals surface area contributed by atoms with Crippen LogP contribution in [0.25, 0.3) is 0 Å². The van der Waals surface area contributed by atoms with Gasteiger partial charge in [-0.2, -0.15) is 16.9 Å². The molecule has 0 aliphatic heterocycles. The molecule has 0 aliphatic rings. The fourth-order valence-electron chi connectivity index (χ4n) is 2.12. The van der Waals surface area contributed by atoms with Gasteiger partial charge in [0.15, 0.2) is 0 Å². The number of hydrogen-bond acceptors (Lipinski definition) is 3. The molecule has 1 atom stereocenters. The maximum Gasteiger partial charge on any atom is 0.234 e. The summed E-state index contributed by atoms with van der Waals surface area (Å²) in [6.07, 6.45) is 0. The van der Waals surface area contributed by atoms with E-state index in [2.05, 4.69) is 34.6 Å². The van der Waals surface area contributed by atoms with E-state index in [9.17, 15) is 4.79 Å². The molecule has 5 heteroatoms. The van der Waals surface area contributed by atoms with Gasteiger partial charge >= 0.3 is 0 Å². The van der Waals surface area contributed by atoms with Gasteiger partial charge in [-0.15, -0.1) is 0 Å². The number of carbonyl (C=O) groups excluding carboxylic acids is 1. The van der Waals surface area contributed by atoms with Crippen LogP contribution >= 0.6 is 11.8 Å². The lowest BCUT2D eigenvalue weighted by Crippen LogP contribution is -2.15. The van der Waals surface area contributed by atoms with Crippen molar-refractivity contribution in [3.63, 3.8) is 0 Å². The fraction of sp³-hybridized carbons (Fsp3) is 0.375. The first-order valence-electron chi connectivity index (χ1n) is 7.02. The van der Waals surface area contributed by atoms with Gasteiger partial charge in [-0.3, -0.25) is 9.89 Å². The van der Waals surface area contributed by atoms with Gasteiger partial charge < -0.3 is 5.32 Å². The number of hydrogen-bond donors (Lipinski definition) is 2. The molecule has 0 radical (unpaired) electrons. The van der Waals surface area contributed by atoms with Crippen LogP contribution in [0.5, 0.6) is 0 Å². The second kappa shape index (κ2) is 7.31. The van der Waals surface area contributed by atoms with E-state index < -0.39 is 0 Å². The summed E-state index contributed by atoms with van der Waals surface area (Å²) in [4.78, 5) is 12.0. The summed E-state index contributed by atoms with van der Waals surface area (Å²) in [5.41, 5.74) is 3.83. The lowest BCUT2D eigenvalue weighted by molar-refractivity contribution is -0.113. The van der Waals surface area contributed by atoms with Crippen LogP contribution in [0.1, 0.15) is 29.8 Å². The normalized spacial score (nSPS) is 12.1. The number of aromatic amines is 1. The molecule has 2 rings (SSSR count). The number of thioether (sulfide) groups is 1. The highest BCUT2D eigenvalue weighted by atomic mass is 32.2. The minimum Gasteiger partial charge on any atom is -0.322 e. The molecule has 2 N–H and O–H groups in total. The first kappa shape index (κ1) is 15.6. The van der Waals surface area contributed by atoms with E-state index in [1.54, 1.807) is 11.8 Å². The maximum absolute atomic E-state index is 12.0. The standard InChI is InChI=1S/C16H21N3OS/c1-11(14-7-5-4-6-8-14)9-21-10-15(20)17-16-12(2)18-19-13(16)3/h4-8,11H,9-10H2,1-3H3,(H,17,20)(H,18,19). The molecule has 1 aromatic heterocycles. The number of nitrogens with zero attached hydrogens (tertiary/aromatic N) is 1. The first-order chi connectivity index (χ1) is 10.1. The molecule has 0 spiro atoms. The average Bonchev–Trinajstić information content (AvgIpc) is 2.80. The Morgan fingerprint density at radius 2 is 2.05 bits per heavy atom. The molecule has 21 heavy (non-hydrogen) atoms. The van der Waals surface area contributed by atoms with E-state index in [1.165, 1.54) is 5.56 Å².